The average Bonchev–Trinajstić information content (AvgIpc) is 3.95. The number of thiazole rings is 1. The molecule has 1 unspecified atom stereocenters. The van der Waals surface area contributed by atoms with E-state index >= 15 is 0 Å². The van der Waals surface area contributed by atoms with Crippen LogP contribution in [0.5, 0.6) is 5.75 Å². The molecule has 0 bridgehead atoms. The van der Waals surface area contributed by atoms with E-state index in [-0.39, 0.29) is 60.9 Å². The number of halogens is 1. The standard InChI is InChI=1S/C52H66ClN7O7S/c1-9-40-43(68-31-57-40)33-15-13-32(14-16-33)28-56-46(64)41-25-37(61)29-60(41)47(65)44(50(2,3)4)58-42(62)30-66-24-12-10-11-23-55-36-20-17-34(18-21-36)45(63)59-48-51(5,6)49(52(48,7)8)67-38-22-19-35(27-54)39(53)26-38/h13-22,26,31,37,41,44,48-49,55,61H,9-12,23-25,28-30H2,1-8H3,(H,56,64)(H,58,62)(H,59,63)/t37-,41+,44?,48?,49?/m1/s1. The molecule has 1 saturated heterocycles. The van der Waals surface area contributed by atoms with Crippen LogP contribution in [0.25, 0.3) is 10.4 Å². The third-order valence-corrected chi connectivity index (χ3v) is 14.3. The minimum atomic E-state index is -0.946. The summed E-state index contributed by atoms with van der Waals surface area (Å²) in [5.74, 6) is -0.809. The molecule has 1 aliphatic carbocycles. The number of nitriles is 1. The summed E-state index contributed by atoms with van der Waals surface area (Å²) in [5, 5.41) is 32.5. The number of aliphatic hydroxyl groups is 1. The molecule has 3 aromatic carbocycles. The number of β-amino-alcohol motifs (C(OH)–C–C–N with tert-alkyl or cyclic N) is 1. The number of aryl methyl sites for hydroxylation is 1. The predicted molar refractivity (Wildman–Crippen MR) is 265 cm³/mol. The number of anilines is 1. The van der Waals surface area contributed by atoms with Gasteiger partial charge in [0, 0.05) is 66.9 Å². The van der Waals surface area contributed by atoms with E-state index in [9.17, 15) is 29.5 Å². The highest BCUT2D eigenvalue weighted by Crippen LogP contribution is 2.55. The quantitative estimate of drug-likeness (QED) is 0.0543. The largest absolute Gasteiger partial charge is 0.489 e. The highest BCUT2D eigenvalue weighted by molar-refractivity contribution is 7.13. The van der Waals surface area contributed by atoms with Crippen molar-refractivity contribution in [2.45, 2.75) is 124 Å². The zero-order chi connectivity index (χ0) is 49.4. The number of nitrogens with zero attached hydrogens (tertiary/aromatic N) is 3. The lowest BCUT2D eigenvalue weighted by atomic mass is 9.49. The maximum Gasteiger partial charge on any atom is 0.251 e. The van der Waals surface area contributed by atoms with E-state index in [0.717, 1.165) is 53.1 Å². The molecule has 2 aliphatic rings. The van der Waals surface area contributed by atoms with Gasteiger partial charge in [0.05, 0.1) is 32.8 Å². The molecule has 1 aliphatic heterocycles. The van der Waals surface area contributed by atoms with Gasteiger partial charge in [-0.15, -0.1) is 11.3 Å². The highest BCUT2D eigenvalue weighted by atomic mass is 35.5. The molecule has 364 valence electrons. The Balaban J connectivity index is 0.879. The van der Waals surface area contributed by atoms with Crippen LogP contribution in [-0.2, 0) is 32.1 Å². The van der Waals surface area contributed by atoms with Crippen LogP contribution < -0.4 is 26.0 Å². The summed E-state index contributed by atoms with van der Waals surface area (Å²) in [6, 6.07) is 20.4. The smallest absolute Gasteiger partial charge is 0.251 e. The normalized spacial score (nSPS) is 19.8. The van der Waals surface area contributed by atoms with Crippen LogP contribution in [0.15, 0.2) is 72.2 Å². The number of amides is 4. The first-order valence-corrected chi connectivity index (χ1v) is 24.7. The molecule has 1 saturated carbocycles. The third-order valence-electron chi connectivity index (χ3n) is 13.0. The van der Waals surface area contributed by atoms with Gasteiger partial charge in [-0.1, -0.05) is 91.3 Å². The summed E-state index contributed by atoms with van der Waals surface area (Å²) in [5.41, 5.74) is 5.26. The number of ether oxygens (including phenoxy) is 2. The van der Waals surface area contributed by atoms with E-state index in [1.807, 2.05) is 62.7 Å². The Morgan fingerprint density at radius 3 is 2.35 bits per heavy atom. The van der Waals surface area contributed by atoms with Gasteiger partial charge < -0.3 is 40.7 Å². The van der Waals surface area contributed by atoms with E-state index in [2.05, 4.69) is 66.9 Å². The van der Waals surface area contributed by atoms with E-state index < -0.39 is 35.4 Å². The predicted octanol–water partition coefficient (Wildman–Crippen LogP) is 7.92. The lowest BCUT2D eigenvalue weighted by molar-refractivity contribution is -0.164. The molecule has 0 spiro atoms. The van der Waals surface area contributed by atoms with Crippen LogP contribution in [0.3, 0.4) is 0 Å². The number of aromatic nitrogens is 1. The molecule has 0 radical (unpaired) electrons. The zero-order valence-corrected chi connectivity index (χ0v) is 42.0. The Hall–Kier alpha value is -5.53. The van der Waals surface area contributed by atoms with Gasteiger partial charge in [0.1, 0.15) is 36.6 Å². The second kappa shape index (κ2) is 22.3. The first-order chi connectivity index (χ1) is 32.2. The number of hydrogen-bond donors (Lipinski definition) is 5. The van der Waals surface area contributed by atoms with Crippen LogP contribution in [0, 0.1) is 27.6 Å². The average molecular weight is 969 g/mol. The summed E-state index contributed by atoms with van der Waals surface area (Å²) in [4.78, 5) is 60.9. The second-order valence-corrected chi connectivity index (χ2v) is 21.3. The van der Waals surface area contributed by atoms with Gasteiger partial charge in [0.2, 0.25) is 17.7 Å². The van der Waals surface area contributed by atoms with Gasteiger partial charge in [-0.3, -0.25) is 19.2 Å². The van der Waals surface area contributed by atoms with E-state index in [1.54, 1.807) is 41.7 Å². The zero-order valence-electron chi connectivity index (χ0n) is 40.4. The maximum absolute atomic E-state index is 14.0. The van der Waals surface area contributed by atoms with Crippen molar-refractivity contribution in [2.24, 2.45) is 16.2 Å². The summed E-state index contributed by atoms with van der Waals surface area (Å²) in [6.07, 6.45) is 2.33. The fourth-order valence-electron chi connectivity index (χ4n) is 9.61. The molecule has 68 heavy (non-hydrogen) atoms. The molecule has 4 aromatic rings. The van der Waals surface area contributed by atoms with Gasteiger partial charge in [-0.05, 0) is 78.6 Å². The molecule has 14 nitrogen and oxygen atoms in total. The van der Waals surface area contributed by atoms with Crippen LogP contribution in [0.4, 0.5) is 5.69 Å². The molecule has 16 heteroatoms. The van der Waals surface area contributed by atoms with Gasteiger partial charge in [0.15, 0.2) is 0 Å². The molecule has 4 amide bonds. The highest BCUT2D eigenvalue weighted by Gasteiger charge is 2.64. The number of benzene rings is 3. The summed E-state index contributed by atoms with van der Waals surface area (Å²) in [6.45, 7) is 17.0. The van der Waals surface area contributed by atoms with Crippen molar-refractivity contribution in [1.29, 1.82) is 5.26 Å². The Morgan fingerprint density at radius 2 is 1.71 bits per heavy atom. The van der Waals surface area contributed by atoms with Crippen molar-refractivity contribution in [3.63, 3.8) is 0 Å². The SMILES string of the molecule is CCc1ncsc1-c1ccc(CNC(=O)[C@@H]2C[C@@H](O)CN2C(=O)C(NC(=O)COCCCCCNc2ccc(C(=O)NC3C(C)(C)C(Oc4ccc(C#N)c(Cl)c4)C3(C)C)cc2)C(C)(C)C)cc1. The minimum absolute atomic E-state index is 0.00750. The molecule has 6 rings (SSSR count). The number of unbranched alkanes of at least 4 members (excludes halogenated alkanes) is 2. The second-order valence-electron chi connectivity index (χ2n) is 20.1. The summed E-state index contributed by atoms with van der Waals surface area (Å²) < 4.78 is 12.0. The van der Waals surface area contributed by atoms with E-state index in [1.165, 1.54) is 4.90 Å². The molecular formula is C52H66ClN7O7S. The number of carbonyl (C=O) groups excluding carboxylic acids is 4. The molecule has 2 heterocycles. The molecule has 2 fully saturated rings. The third kappa shape index (κ3) is 12.4. The fourth-order valence-corrected chi connectivity index (χ4v) is 10.7. The van der Waals surface area contributed by atoms with Crippen molar-refractivity contribution in [3.05, 3.63) is 99.6 Å². The van der Waals surface area contributed by atoms with Crippen LogP contribution in [-0.4, -0.2) is 95.3 Å². The van der Waals surface area contributed by atoms with Crippen molar-refractivity contribution >= 4 is 52.3 Å². The number of nitrogens with one attached hydrogen (secondary N) is 4. The molecule has 1 aromatic heterocycles. The van der Waals surface area contributed by atoms with Crippen LogP contribution in [0.2, 0.25) is 5.02 Å². The summed E-state index contributed by atoms with van der Waals surface area (Å²) in [7, 11) is 0. The number of carbonyl (C=O) groups is 4. The van der Waals surface area contributed by atoms with Gasteiger partial charge in [-0.25, -0.2) is 4.98 Å². The number of rotatable bonds is 20. The summed E-state index contributed by atoms with van der Waals surface area (Å²) >= 11 is 7.84. The Bertz CT molecular complexity index is 2430. The Labute approximate surface area is 409 Å². The number of hydrogen-bond acceptors (Lipinski definition) is 11. The number of aliphatic hydroxyl groups excluding tert-OH is 1. The van der Waals surface area contributed by atoms with E-state index in [4.69, 9.17) is 21.1 Å². The topological polar surface area (TPSA) is 195 Å². The van der Waals surface area contributed by atoms with Gasteiger partial charge >= 0.3 is 0 Å². The monoisotopic (exact) mass is 967 g/mol. The minimum Gasteiger partial charge on any atom is -0.489 e. The molecule has 3 atom stereocenters. The Morgan fingerprint density at radius 1 is 1.00 bits per heavy atom. The number of likely N-dealkylation sites (tertiary alicyclic amines) is 1. The van der Waals surface area contributed by atoms with Crippen molar-refractivity contribution < 1.29 is 33.8 Å². The van der Waals surface area contributed by atoms with E-state index in [0.29, 0.717) is 35.1 Å². The van der Waals surface area contributed by atoms with Crippen molar-refractivity contribution in [3.8, 4) is 22.3 Å². The van der Waals surface area contributed by atoms with Crippen LogP contribution in [0.1, 0.15) is 108 Å². The lowest BCUT2D eigenvalue weighted by Gasteiger charge is -2.63. The van der Waals surface area contributed by atoms with Crippen molar-refractivity contribution in [1.82, 2.24) is 25.8 Å². The maximum atomic E-state index is 14.0. The lowest BCUT2D eigenvalue weighted by Crippen LogP contribution is -2.74. The first kappa shape index (κ1) is 51.9. The first-order valence-electron chi connectivity index (χ1n) is 23.4. The fraction of sp³-hybridized carbons (Fsp3) is 0.500. The van der Waals surface area contributed by atoms with Crippen LogP contribution >= 0.6 is 22.9 Å². The van der Waals surface area contributed by atoms with Crippen molar-refractivity contribution in [2.75, 3.05) is 31.6 Å². The molecule has 5 N–H and O–H groups in total. The Kier molecular flexibility index (Phi) is 17.0. The molecular weight excluding hydrogens is 902 g/mol. The van der Waals surface area contributed by atoms with Gasteiger partial charge in [-0.2, -0.15) is 5.26 Å². The van der Waals surface area contributed by atoms with Gasteiger partial charge in [0.25, 0.3) is 5.91 Å².